The van der Waals surface area contributed by atoms with Gasteiger partial charge in [0, 0.05) is 18.8 Å². The first-order valence-electron chi connectivity index (χ1n) is 8.68. The Morgan fingerprint density at radius 2 is 1.91 bits per heavy atom. The van der Waals surface area contributed by atoms with E-state index in [-0.39, 0.29) is 0 Å². The predicted molar refractivity (Wildman–Crippen MR) is 95.7 cm³/mol. The highest BCUT2D eigenvalue weighted by atomic mass is 15.1. The van der Waals surface area contributed by atoms with Crippen LogP contribution >= 0.6 is 0 Å². The number of rotatable bonds is 5. The minimum atomic E-state index is 0.518. The summed E-state index contributed by atoms with van der Waals surface area (Å²) in [4.78, 5) is 8.97. The van der Waals surface area contributed by atoms with Gasteiger partial charge in [-0.15, -0.1) is 0 Å². The van der Waals surface area contributed by atoms with Gasteiger partial charge in [0.2, 0.25) is 5.95 Å². The summed E-state index contributed by atoms with van der Waals surface area (Å²) in [5.74, 6) is 1.61. The lowest BCUT2D eigenvalue weighted by Gasteiger charge is -2.16. The maximum absolute atomic E-state index is 4.60. The lowest BCUT2D eigenvalue weighted by atomic mass is 10.1. The Balaban J connectivity index is 1.58. The van der Waals surface area contributed by atoms with Crippen molar-refractivity contribution in [2.24, 2.45) is 0 Å². The van der Waals surface area contributed by atoms with Gasteiger partial charge in [-0.05, 0) is 31.4 Å². The second-order valence-corrected chi connectivity index (χ2v) is 6.44. The first-order chi connectivity index (χ1) is 11.3. The smallest absolute Gasteiger partial charge is 0.224 e. The lowest BCUT2D eigenvalue weighted by Crippen LogP contribution is -2.20. The molecule has 1 heterocycles. The Morgan fingerprint density at radius 1 is 1.09 bits per heavy atom. The minimum Gasteiger partial charge on any atom is -0.366 e. The van der Waals surface area contributed by atoms with Gasteiger partial charge in [-0.25, -0.2) is 4.98 Å². The highest BCUT2D eigenvalue weighted by molar-refractivity contribution is 5.41. The van der Waals surface area contributed by atoms with Crippen LogP contribution in [-0.4, -0.2) is 16.0 Å². The molecule has 0 bridgehead atoms. The first kappa shape index (κ1) is 15.8. The van der Waals surface area contributed by atoms with Gasteiger partial charge in [0.15, 0.2) is 0 Å². The first-order valence-corrected chi connectivity index (χ1v) is 8.68. The van der Waals surface area contributed by atoms with E-state index in [1.54, 1.807) is 0 Å². The van der Waals surface area contributed by atoms with Crippen molar-refractivity contribution in [3.63, 3.8) is 0 Å². The van der Waals surface area contributed by atoms with E-state index in [0.717, 1.165) is 18.3 Å². The number of nitrogens with zero attached hydrogens (tertiary/aromatic N) is 2. The van der Waals surface area contributed by atoms with Crippen molar-refractivity contribution in [2.45, 2.75) is 58.0 Å². The van der Waals surface area contributed by atoms with Crippen molar-refractivity contribution < 1.29 is 0 Å². The van der Waals surface area contributed by atoms with Gasteiger partial charge in [-0.1, -0.05) is 55.5 Å². The number of hydrogen-bond donors (Lipinski definition) is 2. The molecule has 1 fully saturated rings. The summed E-state index contributed by atoms with van der Waals surface area (Å²) in [6.07, 6.45) is 9.61. The molecule has 0 radical (unpaired) electrons. The van der Waals surface area contributed by atoms with Crippen molar-refractivity contribution in [3.8, 4) is 0 Å². The molecule has 2 aromatic rings. The molecule has 0 atom stereocenters. The molecule has 1 aromatic heterocycles. The Morgan fingerprint density at radius 3 is 2.70 bits per heavy atom. The maximum atomic E-state index is 4.60. The summed E-state index contributed by atoms with van der Waals surface area (Å²) in [5.41, 5.74) is 2.55. The minimum absolute atomic E-state index is 0.518. The molecule has 1 saturated carbocycles. The Hall–Kier alpha value is -2.10. The van der Waals surface area contributed by atoms with E-state index in [1.165, 1.54) is 49.7 Å². The molecule has 122 valence electrons. The summed E-state index contributed by atoms with van der Waals surface area (Å²) < 4.78 is 0. The van der Waals surface area contributed by atoms with Gasteiger partial charge >= 0.3 is 0 Å². The van der Waals surface area contributed by atoms with E-state index >= 15 is 0 Å². The molecule has 3 rings (SSSR count). The number of benzene rings is 1. The van der Waals surface area contributed by atoms with Crippen LogP contribution in [0.5, 0.6) is 0 Å². The van der Waals surface area contributed by atoms with E-state index < -0.39 is 0 Å². The summed E-state index contributed by atoms with van der Waals surface area (Å²) in [7, 11) is 0. The molecule has 4 heteroatoms. The zero-order valence-corrected chi connectivity index (χ0v) is 13.9. The van der Waals surface area contributed by atoms with Crippen LogP contribution in [0.15, 0.2) is 36.5 Å². The fourth-order valence-corrected chi connectivity index (χ4v) is 3.15. The SMILES string of the molecule is Cc1cccc(CNc2ccnc(NC3CCCCCC3)n2)c1. The monoisotopic (exact) mass is 310 g/mol. The Bertz CT molecular complexity index is 618. The van der Waals surface area contributed by atoms with Crippen molar-refractivity contribution in [3.05, 3.63) is 47.7 Å². The van der Waals surface area contributed by atoms with E-state index in [0.29, 0.717) is 6.04 Å². The average molecular weight is 310 g/mol. The molecule has 23 heavy (non-hydrogen) atoms. The third-order valence-electron chi connectivity index (χ3n) is 4.40. The molecule has 1 aliphatic rings. The molecule has 0 spiro atoms. The third-order valence-corrected chi connectivity index (χ3v) is 4.40. The number of hydrogen-bond acceptors (Lipinski definition) is 4. The largest absolute Gasteiger partial charge is 0.366 e. The van der Waals surface area contributed by atoms with Crippen LogP contribution in [0.25, 0.3) is 0 Å². The molecule has 0 amide bonds. The number of anilines is 2. The number of nitrogens with one attached hydrogen (secondary N) is 2. The van der Waals surface area contributed by atoms with Crippen LogP contribution in [0, 0.1) is 6.92 Å². The van der Waals surface area contributed by atoms with Crippen LogP contribution in [-0.2, 0) is 6.54 Å². The normalized spacial score (nSPS) is 15.9. The molecular weight excluding hydrogens is 284 g/mol. The molecular formula is C19H26N4. The van der Waals surface area contributed by atoms with Crippen LogP contribution < -0.4 is 10.6 Å². The predicted octanol–water partition coefficient (Wildman–Crippen LogP) is 4.53. The molecule has 1 aliphatic carbocycles. The van der Waals surface area contributed by atoms with Crippen molar-refractivity contribution in [1.82, 2.24) is 9.97 Å². The molecule has 4 nitrogen and oxygen atoms in total. The van der Waals surface area contributed by atoms with Gasteiger partial charge in [-0.3, -0.25) is 0 Å². The Kier molecular flexibility index (Phi) is 5.46. The highest BCUT2D eigenvalue weighted by Crippen LogP contribution is 2.20. The van der Waals surface area contributed by atoms with E-state index in [9.17, 15) is 0 Å². The van der Waals surface area contributed by atoms with Gasteiger partial charge in [0.05, 0.1) is 0 Å². The van der Waals surface area contributed by atoms with E-state index in [2.05, 4.69) is 51.8 Å². The summed E-state index contributed by atoms with van der Waals surface area (Å²) in [5, 5.41) is 6.89. The number of aromatic nitrogens is 2. The maximum Gasteiger partial charge on any atom is 0.224 e. The summed E-state index contributed by atoms with van der Waals surface area (Å²) >= 11 is 0. The molecule has 0 aliphatic heterocycles. The van der Waals surface area contributed by atoms with Gasteiger partial charge in [0.25, 0.3) is 0 Å². The fourth-order valence-electron chi connectivity index (χ4n) is 3.15. The quantitative estimate of drug-likeness (QED) is 0.797. The van der Waals surface area contributed by atoms with Gasteiger partial charge in [-0.2, -0.15) is 4.98 Å². The molecule has 1 aromatic carbocycles. The zero-order valence-electron chi connectivity index (χ0n) is 13.9. The topological polar surface area (TPSA) is 49.8 Å². The van der Waals surface area contributed by atoms with Crippen molar-refractivity contribution in [1.29, 1.82) is 0 Å². The van der Waals surface area contributed by atoms with Crippen LogP contribution in [0.2, 0.25) is 0 Å². The fraction of sp³-hybridized carbons (Fsp3) is 0.474. The van der Waals surface area contributed by atoms with Crippen LogP contribution in [0.3, 0.4) is 0 Å². The van der Waals surface area contributed by atoms with Gasteiger partial charge < -0.3 is 10.6 Å². The second kappa shape index (κ2) is 7.95. The standard InChI is InChI=1S/C19H26N4/c1-15-7-6-8-16(13-15)14-21-18-11-12-20-19(23-18)22-17-9-4-2-3-5-10-17/h6-8,11-13,17H,2-5,9-10,14H2,1H3,(H2,20,21,22,23). The molecule has 0 unspecified atom stereocenters. The molecule has 2 N–H and O–H groups in total. The Labute approximate surface area is 138 Å². The second-order valence-electron chi connectivity index (χ2n) is 6.44. The van der Waals surface area contributed by atoms with Crippen molar-refractivity contribution >= 4 is 11.8 Å². The summed E-state index contributed by atoms with van der Waals surface area (Å²) in [6, 6.07) is 11.0. The van der Waals surface area contributed by atoms with Crippen LogP contribution in [0.1, 0.15) is 49.7 Å². The molecule has 0 saturated heterocycles. The average Bonchev–Trinajstić information content (AvgIpc) is 2.82. The zero-order chi connectivity index (χ0) is 15.9. The van der Waals surface area contributed by atoms with E-state index in [1.807, 2.05) is 12.3 Å². The lowest BCUT2D eigenvalue weighted by molar-refractivity contribution is 0.615. The third kappa shape index (κ3) is 4.95. The van der Waals surface area contributed by atoms with Crippen molar-refractivity contribution in [2.75, 3.05) is 10.6 Å². The van der Waals surface area contributed by atoms with Gasteiger partial charge in [0.1, 0.15) is 5.82 Å². The van der Waals surface area contributed by atoms with E-state index in [4.69, 9.17) is 0 Å². The number of aryl methyl sites for hydroxylation is 1. The van der Waals surface area contributed by atoms with Crippen LogP contribution in [0.4, 0.5) is 11.8 Å². The summed E-state index contributed by atoms with van der Waals surface area (Å²) in [6.45, 7) is 2.89. The highest BCUT2D eigenvalue weighted by Gasteiger charge is 2.13.